The van der Waals surface area contributed by atoms with Gasteiger partial charge in [-0.3, -0.25) is 4.79 Å². The fourth-order valence-corrected chi connectivity index (χ4v) is 3.34. The quantitative estimate of drug-likeness (QED) is 0.728. The van der Waals surface area contributed by atoms with Crippen molar-refractivity contribution in [2.75, 3.05) is 0 Å². The van der Waals surface area contributed by atoms with Gasteiger partial charge in [0.1, 0.15) is 0 Å². The van der Waals surface area contributed by atoms with Crippen molar-refractivity contribution in [2.24, 2.45) is 5.92 Å². The Morgan fingerprint density at radius 3 is 2.71 bits per heavy atom. The van der Waals surface area contributed by atoms with E-state index in [1.807, 2.05) is 6.07 Å². The Bertz CT molecular complexity index is 444. The summed E-state index contributed by atoms with van der Waals surface area (Å²) >= 11 is 0. The van der Waals surface area contributed by atoms with Crippen molar-refractivity contribution in [1.82, 2.24) is 5.32 Å². The molecule has 17 heavy (non-hydrogen) atoms. The van der Waals surface area contributed by atoms with Crippen LogP contribution in [0.1, 0.15) is 43.7 Å². The largest absolute Gasteiger partial charge is 0.346 e. The van der Waals surface area contributed by atoms with Crippen LogP contribution in [0.3, 0.4) is 0 Å². The summed E-state index contributed by atoms with van der Waals surface area (Å²) in [6.07, 6.45) is 5.17. The number of rotatable bonds is 0. The molecule has 1 aromatic carbocycles. The van der Waals surface area contributed by atoms with E-state index < -0.39 is 0 Å². The molecule has 1 aromatic rings. The predicted molar refractivity (Wildman–Crippen MR) is 67.6 cm³/mol. The van der Waals surface area contributed by atoms with E-state index in [9.17, 15) is 4.79 Å². The highest BCUT2D eigenvalue weighted by molar-refractivity contribution is 5.82. The molecule has 0 radical (unpaired) electrons. The number of carbonyl (C=O) groups is 1. The maximum Gasteiger partial charge on any atom is 0.225 e. The first-order chi connectivity index (χ1) is 8.20. The van der Waals surface area contributed by atoms with Crippen molar-refractivity contribution in [2.45, 2.75) is 44.6 Å². The molecule has 2 heteroatoms. The number of benzene rings is 1. The maximum atomic E-state index is 11.9. The molecule has 90 valence electrons. The molecule has 1 fully saturated rings. The molecule has 1 aliphatic carbocycles. The van der Waals surface area contributed by atoms with Crippen molar-refractivity contribution in [3.63, 3.8) is 0 Å². The first kappa shape index (κ1) is 10.8. The SMILES string of the molecule is CC1CCC2(CC1)NC(=O)Cc1ccccc12. The Labute approximate surface area is 102 Å². The van der Waals surface area contributed by atoms with Gasteiger partial charge in [-0.05, 0) is 42.7 Å². The minimum atomic E-state index is -0.0571. The van der Waals surface area contributed by atoms with Crippen LogP contribution in [-0.4, -0.2) is 5.91 Å². The molecule has 1 heterocycles. The molecule has 1 aliphatic heterocycles. The van der Waals surface area contributed by atoms with Gasteiger partial charge in [-0.25, -0.2) is 0 Å². The van der Waals surface area contributed by atoms with E-state index in [0.29, 0.717) is 6.42 Å². The van der Waals surface area contributed by atoms with Crippen molar-refractivity contribution in [3.8, 4) is 0 Å². The minimum Gasteiger partial charge on any atom is -0.346 e. The molecular weight excluding hydrogens is 210 g/mol. The molecule has 0 saturated heterocycles. The molecule has 0 bridgehead atoms. The van der Waals surface area contributed by atoms with E-state index >= 15 is 0 Å². The number of carbonyl (C=O) groups excluding carboxylic acids is 1. The summed E-state index contributed by atoms with van der Waals surface area (Å²) in [5.41, 5.74) is 2.54. The lowest BCUT2D eigenvalue weighted by Crippen LogP contribution is -2.52. The molecule has 0 atom stereocenters. The number of hydrogen-bond acceptors (Lipinski definition) is 1. The number of nitrogens with one attached hydrogen (secondary N) is 1. The Hall–Kier alpha value is -1.31. The standard InChI is InChI=1S/C15H19NO/c1-11-6-8-15(9-7-11)13-5-3-2-4-12(13)10-14(17)16-15/h2-5,11H,6-10H2,1H3,(H,16,17). The van der Waals surface area contributed by atoms with E-state index in [0.717, 1.165) is 18.8 Å². The van der Waals surface area contributed by atoms with Crippen LogP contribution < -0.4 is 5.32 Å². The van der Waals surface area contributed by atoms with Crippen LogP contribution in [0.5, 0.6) is 0 Å². The fourth-order valence-electron chi connectivity index (χ4n) is 3.34. The van der Waals surface area contributed by atoms with Crippen molar-refractivity contribution in [1.29, 1.82) is 0 Å². The zero-order chi connectivity index (χ0) is 11.9. The highest BCUT2D eigenvalue weighted by Crippen LogP contribution is 2.42. The first-order valence-electron chi connectivity index (χ1n) is 6.59. The van der Waals surface area contributed by atoms with Crippen LogP contribution >= 0.6 is 0 Å². The minimum absolute atomic E-state index is 0.0571. The molecule has 2 nitrogen and oxygen atoms in total. The predicted octanol–water partition coefficient (Wildman–Crippen LogP) is 2.76. The van der Waals surface area contributed by atoms with E-state index in [-0.39, 0.29) is 11.4 Å². The Morgan fingerprint density at radius 2 is 1.94 bits per heavy atom. The molecule has 2 aliphatic rings. The van der Waals surface area contributed by atoms with Gasteiger partial charge in [0, 0.05) is 0 Å². The van der Waals surface area contributed by atoms with Crippen molar-refractivity contribution < 1.29 is 4.79 Å². The van der Waals surface area contributed by atoms with Crippen LogP contribution in [0.2, 0.25) is 0 Å². The third-order valence-electron chi connectivity index (χ3n) is 4.39. The van der Waals surface area contributed by atoms with Crippen LogP contribution in [0.4, 0.5) is 0 Å². The average Bonchev–Trinajstić information content (AvgIpc) is 2.33. The number of amides is 1. The van der Waals surface area contributed by atoms with Gasteiger partial charge >= 0.3 is 0 Å². The summed E-state index contributed by atoms with van der Waals surface area (Å²) in [6.45, 7) is 2.31. The summed E-state index contributed by atoms with van der Waals surface area (Å²) in [4.78, 5) is 11.9. The summed E-state index contributed by atoms with van der Waals surface area (Å²) < 4.78 is 0. The maximum absolute atomic E-state index is 11.9. The van der Waals surface area contributed by atoms with Gasteiger partial charge in [-0.15, -0.1) is 0 Å². The van der Waals surface area contributed by atoms with Gasteiger partial charge in [0.25, 0.3) is 0 Å². The Balaban J connectivity index is 2.02. The van der Waals surface area contributed by atoms with Gasteiger partial charge < -0.3 is 5.32 Å². The summed E-state index contributed by atoms with van der Waals surface area (Å²) in [6, 6.07) is 8.44. The molecular formula is C15H19NO. The van der Waals surface area contributed by atoms with Crippen LogP contribution in [0, 0.1) is 5.92 Å². The lowest BCUT2D eigenvalue weighted by Gasteiger charge is -2.44. The van der Waals surface area contributed by atoms with Gasteiger partial charge in [0.05, 0.1) is 12.0 Å². The summed E-state index contributed by atoms with van der Waals surface area (Å²) in [5, 5.41) is 3.27. The van der Waals surface area contributed by atoms with E-state index in [2.05, 4.69) is 30.4 Å². The zero-order valence-corrected chi connectivity index (χ0v) is 10.3. The second kappa shape index (κ2) is 3.86. The second-order valence-electron chi connectivity index (χ2n) is 5.65. The Kier molecular flexibility index (Phi) is 2.46. The fraction of sp³-hybridized carbons (Fsp3) is 0.533. The second-order valence-corrected chi connectivity index (χ2v) is 5.65. The molecule has 1 amide bonds. The Morgan fingerprint density at radius 1 is 1.24 bits per heavy atom. The molecule has 1 saturated carbocycles. The molecule has 1 spiro atoms. The highest BCUT2D eigenvalue weighted by Gasteiger charge is 2.41. The topological polar surface area (TPSA) is 29.1 Å². The molecule has 1 N–H and O–H groups in total. The number of fused-ring (bicyclic) bond motifs is 2. The normalized spacial score (nSPS) is 32.1. The third kappa shape index (κ3) is 1.76. The average molecular weight is 229 g/mol. The molecule has 3 rings (SSSR count). The number of hydrogen-bond donors (Lipinski definition) is 1. The van der Waals surface area contributed by atoms with E-state index in [1.54, 1.807) is 0 Å². The van der Waals surface area contributed by atoms with Crippen molar-refractivity contribution >= 4 is 5.91 Å². The van der Waals surface area contributed by atoms with Gasteiger partial charge in [-0.2, -0.15) is 0 Å². The van der Waals surface area contributed by atoms with E-state index in [4.69, 9.17) is 0 Å². The van der Waals surface area contributed by atoms with Crippen LogP contribution in [0.15, 0.2) is 24.3 Å². The van der Waals surface area contributed by atoms with Crippen LogP contribution in [0.25, 0.3) is 0 Å². The smallest absolute Gasteiger partial charge is 0.225 e. The monoisotopic (exact) mass is 229 g/mol. The van der Waals surface area contributed by atoms with Gasteiger partial charge in [-0.1, -0.05) is 31.2 Å². The van der Waals surface area contributed by atoms with E-state index in [1.165, 1.54) is 24.0 Å². The van der Waals surface area contributed by atoms with Crippen LogP contribution in [-0.2, 0) is 16.8 Å². The summed E-state index contributed by atoms with van der Waals surface area (Å²) in [7, 11) is 0. The van der Waals surface area contributed by atoms with Gasteiger partial charge in [0.15, 0.2) is 0 Å². The first-order valence-corrected chi connectivity index (χ1v) is 6.59. The zero-order valence-electron chi connectivity index (χ0n) is 10.3. The molecule has 0 unspecified atom stereocenters. The van der Waals surface area contributed by atoms with Gasteiger partial charge in [0.2, 0.25) is 5.91 Å². The lowest BCUT2D eigenvalue weighted by molar-refractivity contribution is -0.124. The highest BCUT2D eigenvalue weighted by atomic mass is 16.1. The molecule has 0 aromatic heterocycles. The third-order valence-corrected chi connectivity index (χ3v) is 4.39. The summed E-state index contributed by atoms with van der Waals surface area (Å²) in [5.74, 6) is 0.991. The lowest BCUT2D eigenvalue weighted by atomic mass is 9.70. The van der Waals surface area contributed by atoms with Crippen molar-refractivity contribution in [3.05, 3.63) is 35.4 Å².